The van der Waals surface area contributed by atoms with Crippen LogP contribution in [0, 0.1) is 12.8 Å². The zero-order chi connectivity index (χ0) is 21.6. The minimum absolute atomic E-state index is 0.0366. The quantitative estimate of drug-likeness (QED) is 0.668. The number of alkyl halides is 3. The Morgan fingerprint density at radius 1 is 1.33 bits per heavy atom. The van der Waals surface area contributed by atoms with Gasteiger partial charge in [-0.05, 0) is 31.7 Å². The molecule has 0 aromatic carbocycles. The third kappa shape index (κ3) is 3.66. The van der Waals surface area contributed by atoms with E-state index in [-0.39, 0.29) is 31.0 Å². The van der Waals surface area contributed by atoms with Gasteiger partial charge in [-0.15, -0.1) is 0 Å². The Morgan fingerprint density at radius 3 is 2.73 bits per heavy atom. The highest BCUT2D eigenvalue weighted by Crippen LogP contribution is 2.36. The van der Waals surface area contributed by atoms with Gasteiger partial charge in [-0.1, -0.05) is 0 Å². The average molecular weight is 425 g/mol. The van der Waals surface area contributed by atoms with Crippen LogP contribution in [-0.2, 0) is 17.5 Å². The minimum atomic E-state index is -4.42. The molecule has 2 aliphatic rings. The summed E-state index contributed by atoms with van der Waals surface area (Å²) < 4.78 is 39.9. The van der Waals surface area contributed by atoms with Crippen molar-refractivity contribution in [1.82, 2.24) is 19.7 Å². The topological polar surface area (TPSA) is 108 Å². The molecule has 2 aromatic rings. The summed E-state index contributed by atoms with van der Waals surface area (Å²) in [5.74, 6) is 0.636. The predicted octanol–water partition coefficient (Wildman–Crippen LogP) is 1.64. The zero-order valence-corrected chi connectivity index (χ0v) is 16.4. The number of likely N-dealkylation sites (N-methyl/N-ethyl adjacent to an activating group) is 1. The zero-order valence-electron chi connectivity index (χ0n) is 16.4. The molecule has 2 aromatic heterocycles. The Labute approximate surface area is 170 Å². The maximum atomic E-state index is 13.0. The van der Waals surface area contributed by atoms with Crippen molar-refractivity contribution in [2.45, 2.75) is 44.6 Å². The fraction of sp³-hybridized carbons (Fsp3) is 0.556. The number of carbonyl (C=O) groups is 1. The van der Waals surface area contributed by atoms with E-state index in [1.54, 1.807) is 18.9 Å². The largest absolute Gasteiger partial charge is 0.433 e. The molecule has 4 rings (SSSR count). The van der Waals surface area contributed by atoms with Gasteiger partial charge in [0.2, 0.25) is 11.9 Å². The fourth-order valence-corrected chi connectivity index (χ4v) is 3.91. The monoisotopic (exact) mass is 425 g/mol. The molecule has 0 radical (unpaired) electrons. The molecule has 9 nitrogen and oxygen atoms in total. The van der Waals surface area contributed by atoms with E-state index >= 15 is 0 Å². The Balaban J connectivity index is 1.40. The van der Waals surface area contributed by atoms with Crippen LogP contribution in [0.5, 0.6) is 0 Å². The molecule has 1 atom stereocenters. The third-order valence-electron chi connectivity index (χ3n) is 5.60. The molecule has 3 N–H and O–H groups in total. The van der Waals surface area contributed by atoms with Crippen LogP contribution in [0.3, 0.4) is 0 Å². The van der Waals surface area contributed by atoms with Crippen molar-refractivity contribution < 1.29 is 23.1 Å². The number of fused-ring (bicyclic) bond motifs is 1. The molecule has 1 aliphatic heterocycles. The molecular formula is C18H22F3N7O2. The summed E-state index contributed by atoms with van der Waals surface area (Å²) in [7, 11) is 1.68. The first-order valence-electron chi connectivity index (χ1n) is 9.56. The van der Waals surface area contributed by atoms with E-state index in [1.165, 1.54) is 0 Å². The number of nitrogens with one attached hydrogen (secondary N) is 2. The van der Waals surface area contributed by atoms with Crippen molar-refractivity contribution in [3.8, 4) is 0 Å². The lowest BCUT2D eigenvalue weighted by molar-refractivity contribution is -0.144. The van der Waals surface area contributed by atoms with Crippen LogP contribution in [0.15, 0.2) is 12.3 Å². The summed E-state index contributed by atoms with van der Waals surface area (Å²) in [6.45, 7) is 1.61. The lowest BCUT2D eigenvalue weighted by Crippen LogP contribution is -2.49. The van der Waals surface area contributed by atoms with E-state index in [0.29, 0.717) is 36.0 Å². The highest BCUT2D eigenvalue weighted by atomic mass is 19.4. The standard InChI is InChI=1S/C18H22F3N7O2/c1-9-14-15(27(2)12(8-29)16(30)25-14)26-17(23-9)24-11-5-10(6-11)7-28-13(3-4-22-28)18(19,20)21/h3-4,10-12,29H,5-8H2,1-2H3,(H,25,30)(H,23,24,26)/t10-,11+,12-/m0/s1. The first-order valence-corrected chi connectivity index (χ1v) is 9.56. The van der Waals surface area contributed by atoms with Crippen molar-refractivity contribution in [3.05, 3.63) is 23.7 Å². The molecule has 0 unspecified atom stereocenters. The van der Waals surface area contributed by atoms with Crippen LogP contribution in [0.25, 0.3) is 0 Å². The normalized spacial score (nSPS) is 23.6. The molecule has 1 aliphatic carbocycles. The van der Waals surface area contributed by atoms with E-state index in [9.17, 15) is 23.1 Å². The van der Waals surface area contributed by atoms with Gasteiger partial charge >= 0.3 is 6.18 Å². The number of rotatable bonds is 5. The molecule has 0 bridgehead atoms. The predicted molar refractivity (Wildman–Crippen MR) is 102 cm³/mol. The summed E-state index contributed by atoms with van der Waals surface area (Å²) >= 11 is 0. The number of hydrogen-bond donors (Lipinski definition) is 3. The Kier molecular flexibility index (Phi) is 5.04. The number of nitrogens with zero attached hydrogens (tertiary/aromatic N) is 5. The molecule has 1 fully saturated rings. The van der Waals surface area contributed by atoms with Gasteiger partial charge in [0.05, 0.1) is 12.3 Å². The van der Waals surface area contributed by atoms with E-state index in [0.717, 1.165) is 16.9 Å². The smallest absolute Gasteiger partial charge is 0.394 e. The summed E-state index contributed by atoms with van der Waals surface area (Å²) in [6, 6.07) is 0.284. The summed E-state index contributed by atoms with van der Waals surface area (Å²) in [6.07, 6.45) is -1.92. The van der Waals surface area contributed by atoms with Crippen molar-refractivity contribution in [2.75, 3.05) is 29.2 Å². The maximum absolute atomic E-state index is 13.0. The first-order chi connectivity index (χ1) is 14.2. The minimum Gasteiger partial charge on any atom is -0.394 e. The number of carbonyl (C=O) groups excluding carboxylic acids is 1. The SMILES string of the molecule is Cc1nc(N[C@H]2C[C@@H](Cn3nccc3C(F)(F)F)C2)nc2c1NC(=O)[C@H](CO)N2C. The van der Waals surface area contributed by atoms with Gasteiger partial charge in [-0.25, -0.2) is 4.98 Å². The lowest BCUT2D eigenvalue weighted by atomic mass is 9.80. The highest BCUT2D eigenvalue weighted by Gasteiger charge is 2.38. The molecule has 3 heterocycles. The molecule has 1 saturated carbocycles. The van der Waals surface area contributed by atoms with Crippen LogP contribution in [-0.4, -0.2) is 56.5 Å². The number of anilines is 3. The number of aryl methyl sites for hydroxylation is 1. The fourth-order valence-electron chi connectivity index (χ4n) is 3.91. The second kappa shape index (κ2) is 7.42. The van der Waals surface area contributed by atoms with E-state index in [1.807, 2.05) is 0 Å². The molecule has 12 heteroatoms. The summed E-state index contributed by atoms with van der Waals surface area (Å²) in [5.41, 5.74) is 0.347. The maximum Gasteiger partial charge on any atom is 0.433 e. The van der Waals surface area contributed by atoms with Crippen molar-refractivity contribution >= 4 is 23.4 Å². The number of aliphatic hydroxyl groups is 1. The van der Waals surface area contributed by atoms with Gasteiger partial charge < -0.3 is 20.6 Å². The molecule has 1 amide bonds. The van der Waals surface area contributed by atoms with E-state index in [4.69, 9.17) is 0 Å². The number of halogens is 3. The highest BCUT2D eigenvalue weighted by molar-refractivity contribution is 6.03. The lowest BCUT2D eigenvalue weighted by Gasteiger charge is -2.37. The number of amides is 1. The van der Waals surface area contributed by atoms with Crippen LogP contribution < -0.4 is 15.5 Å². The van der Waals surface area contributed by atoms with Crippen molar-refractivity contribution in [2.24, 2.45) is 5.92 Å². The second-order valence-electron chi connectivity index (χ2n) is 7.70. The Morgan fingerprint density at radius 2 is 2.07 bits per heavy atom. The van der Waals surface area contributed by atoms with Gasteiger partial charge in [0.1, 0.15) is 17.4 Å². The van der Waals surface area contributed by atoms with Gasteiger partial charge in [0, 0.05) is 25.8 Å². The van der Waals surface area contributed by atoms with Crippen LogP contribution in [0.1, 0.15) is 24.2 Å². The molecule has 0 spiro atoms. The summed E-state index contributed by atoms with van der Waals surface area (Å²) in [4.78, 5) is 22.5. The summed E-state index contributed by atoms with van der Waals surface area (Å²) in [5, 5.41) is 19.2. The first kappa shape index (κ1) is 20.4. The Bertz CT molecular complexity index is 956. The van der Waals surface area contributed by atoms with Crippen LogP contribution in [0.4, 0.5) is 30.6 Å². The molecule has 162 valence electrons. The second-order valence-corrected chi connectivity index (χ2v) is 7.70. The number of aliphatic hydroxyl groups excluding tert-OH is 1. The molecule has 0 saturated heterocycles. The van der Waals surface area contributed by atoms with Gasteiger partial charge in [0.25, 0.3) is 0 Å². The Hall–Kier alpha value is -2.89. The van der Waals surface area contributed by atoms with Crippen molar-refractivity contribution in [3.63, 3.8) is 0 Å². The van der Waals surface area contributed by atoms with Gasteiger partial charge in [0.15, 0.2) is 5.82 Å². The number of hydrogen-bond acceptors (Lipinski definition) is 7. The number of aromatic nitrogens is 4. The molecule has 30 heavy (non-hydrogen) atoms. The third-order valence-corrected chi connectivity index (χ3v) is 5.60. The van der Waals surface area contributed by atoms with Crippen LogP contribution >= 0.6 is 0 Å². The van der Waals surface area contributed by atoms with Crippen LogP contribution in [0.2, 0.25) is 0 Å². The van der Waals surface area contributed by atoms with E-state index < -0.39 is 17.9 Å². The van der Waals surface area contributed by atoms with Crippen molar-refractivity contribution in [1.29, 1.82) is 0 Å². The van der Waals surface area contributed by atoms with E-state index in [2.05, 4.69) is 25.7 Å². The average Bonchev–Trinajstić information content (AvgIpc) is 3.10. The molecular weight excluding hydrogens is 403 g/mol. The van der Waals surface area contributed by atoms with Gasteiger partial charge in [-0.3, -0.25) is 9.48 Å². The van der Waals surface area contributed by atoms with Gasteiger partial charge in [-0.2, -0.15) is 23.3 Å².